The van der Waals surface area contributed by atoms with Crippen molar-refractivity contribution in [3.63, 3.8) is 0 Å². The summed E-state index contributed by atoms with van der Waals surface area (Å²) in [5, 5.41) is 4.36. The summed E-state index contributed by atoms with van der Waals surface area (Å²) in [5.74, 6) is 3.90. The van der Waals surface area contributed by atoms with E-state index in [1.165, 1.54) is 6.07 Å². The lowest BCUT2D eigenvalue weighted by Crippen LogP contribution is -2.31. The summed E-state index contributed by atoms with van der Waals surface area (Å²) in [6.45, 7) is 4.61. The molecule has 2 aromatic rings. The van der Waals surface area contributed by atoms with Gasteiger partial charge in [0.1, 0.15) is 0 Å². The zero-order valence-electron chi connectivity index (χ0n) is 11.5. The zero-order chi connectivity index (χ0) is 14.7. The first-order chi connectivity index (χ1) is 9.55. The molecule has 0 saturated heterocycles. The molecule has 0 aliphatic heterocycles. The summed E-state index contributed by atoms with van der Waals surface area (Å²) >= 11 is 0. The highest BCUT2D eigenvalue weighted by atomic mass is 19.2. The molecule has 0 fully saturated rings. The van der Waals surface area contributed by atoms with Gasteiger partial charge in [0.15, 0.2) is 11.6 Å². The SMILES string of the molecule is CCn1nc(C)cc1C(Cc1ccc(F)c(F)c1)NN. The smallest absolute Gasteiger partial charge is 0.159 e. The number of rotatable bonds is 5. The second-order valence-electron chi connectivity index (χ2n) is 4.70. The van der Waals surface area contributed by atoms with Crippen molar-refractivity contribution in [2.45, 2.75) is 32.9 Å². The molecule has 1 aromatic heterocycles. The Morgan fingerprint density at radius 3 is 2.65 bits per heavy atom. The van der Waals surface area contributed by atoms with Crippen molar-refractivity contribution in [2.24, 2.45) is 5.84 Å². The van der Waals surface area contributed by atoms with Crippen LogP contribution in [0.25, 0.3) is 0 Å². The van der Waals surface area contributed by atoms with Crippen LogP contribution >= 0.6 is 0 Å². The molecule has 1 aromatic carbocycles. The summed E-state index contributed by atoms with van der Waals surface area (Å²) in [5.41, 5.74) is 5.21. The number of hydrazine groups is 1. The van der Waals surface area contributed by atoms with E-state index in [-0.39, 0.29) is 6.04 Å². The van der Waals surface area contributed by atoms with Crippen LogP contribution in [0.15, 0.2) is 24.3 Å². The summed E-state index contributed by atoms with van der Waals surface area (Å²) in [7, 11) is 0. The normalized spacial score (nSPS) is 12.7. The van der Waals surface area contributed by atoms with Gasteiger partial charge in [-0.2, -0.15) is 5.10 Å². The molecule has 1 heterocycles. The average Bonchev–Trinajstić information content (AvgIpc) is 2.81. The van der Waals surface area contributed by atoms with Crippen molar-refractivity contribution >= 4 is 0 Å². The highest BCUT2D eigenvalue weighted by molar-refractivity contribution is 5.22. The van der Waals surface area contributed by atoms with Crippen LogP contribution in [0.1, 0.15) is 29.9 Å². The molecule has 6 heteroatoms. The second-order valence-corrected chi connectivity index (χ2v) is 4.70. The molecule has 108 valence electrons. The molecular formula is C14H18F2N4. The van der Waals surface area contributed by atoms with Gasteiger partial charge in [-0.1, -0.05) is 6.07 Å². The van der Waals surface area contributed by atoms with E-state index in [2.05, 4.69) is 10.5 Å². The molecule has 0 aliphatic rings. The largest absolute Gasteiger partial charge is 0.271 e. The van der Waals surface area contributed by atoms with Gasteiger partial charge < -0.3 is 0 Å². The van der Waals surface area contributed by atoms with Crippen molar-refractivity contribution in [2.75, 3.05) is 0 Å². The maximum absolute atomic E-state index is 13.2. The number of nitrogens with one attached hydrogen (secondary N) is 1. The highest BCUT2D eigenvalue weighted by Gasteiger charge is 2.17. The molecule has 0 spiro atoms. The first-order valence-corrected chi connectivity index (χ1v) is 6.49. The predicted molar refractivity (Wildman–Crippen MR) is 72.8 cm³/mol. The molecule has 0 aliphatic carbocycles. The minimum absolute atomic E-state index is 0.207. The molecular weight excluding hydrogens is 262 g/mol. The van der Waals surface area contributed by atoms with E-state index in [0.29, 0.717) is 12.0 Å². The maximum atomic E-state index is 13.2. The Labute approximate surface area is 116 Å². The number of hydrogen-bond donors (Lipinski definition) is 2. The molecule has 1 atom stereocenters. The number of nitrogens with zero attached hydrogens (tertiary/aromatic N) is 2. The molecule has 3 N–H and O–H groups in total. The van der Waals surface area contributed by atoms with E-state index in [9.17, 15) is 8.78 Å². The van der Waals surface area contributed by atoms with E-state index >= 15 is 0 Å². The number of halogens is 2. The van der Waals surface area contributed by atoms with Crippen LogP contribution in [-0.2, 0) is 13.0 Å². The molecule has 0 saturated carbocycles. The van der Waals surface area contributed by atoms with E-state index in [0.717, 1.165) is 24.0 Å². The van der Waals surface area contributed by atoms with E-state index in [1.807, 2.05) is 24.6 Å². The minimum atomic E-state index is -0.849. The standard InChI is InChI=1S/C14H18F2N4/c1-3-20-14(6-9(2)19-20)13(18-17)8-10-4-5-11(15)12(16)7-10/h4-7,13,18H,3,8,17H2,1-2H3. The lowest BCUT2D eigenvalue weighted by Gasteiger charge is -2.17. The van der Waals surface area contributed by atoms with Crippen molar-refractivity contribution in [1.82, 2.24) is 15.2 Å². The lowest BCUT2D eigenvalue weighted by molar-refractivity contribution is 0.483. The van der Waals surface area contributed by atoms with Gasteiger partial charge in [-0.3, -0.25) is 16.0 Å². The van der Waals surface area contributed by atoms with Crippen LogP contribution in [0.2, 0.25) is 0 Å². The third-order valence-electron chi connectivity index (χ3n) is 3.21. The fourth-order valence-corrected chi connectivity index (χ4v) is 2.25. The van der Waals surface area contributed by atoms with Gasteiger partial charge in [-0.15, -0.1) is 0 Å². The second kappa shape index (κ2) is 6.11. The molecule has 1 unspecified atom stereocenters. The molecule has 0 bridgehead atoms. The summed E-state index contributed by atoms with van der Waals surface area (Å²) < 4.78 is 28.0. The van der Waals surface area contributed by atoms with Crippen LogP contribution in [0.5, 0.6) is 0 Å². The fraction of sp³-hybridized carbons (Fsp3) is 0.357. The third kappa shape index (κ3) is 3.02. The molecule has 0 radical (unpaired) electrons. The van der Waals surface area contributed by atoms with E-state index < -0.39 is 11.6 Å². The number of hydrogen-bond acceptors (Lipinski definition) is 3. The quantitative estimate of drug-likeness (QED) is 0.652. The van der Waals surface area contributed by atoms with Crippen molar-refractivity contribution in [3.8, 4) is 0 Å². The monoisotopic (exact) mass is 280 g/mol. The third-order valence-corrected chi connectivity index (χ3v) is 3.21. The van der Waals surface area contributed by atoms with Gasteiger partial charge in [-0.05, 0) is 44.0 Å². The fourth-order valence-electron chi connectivity index (χ4n) is 2.25. The Morgan fingerprint density at radius 1 is 1.30 bits per heavy atom. The van der Waals surface area contributed by atoms with Gasteiger partial charge in [0, 0.05) is 6.54 Å². The number of aromatic nitrogens is 2. The summed E-state index contributed by atoms with van der Waals surface area (Å²) in [6.07, 6.45) is 0.457. The summed E-state index contributed by atoms with van der Waals surface area (Å²) in [4.78, 5) is 0. The topological polar surface area (TPSA) is 55.9 Å². The average molecular weight is 280 g/mol. The Bertz CT molecular complexity index is 595. The van der Waals surface area contributed by atoms with Gasteiger partial charge in [0.05, 0.1) is 17.4 Å². The van der Waals surface area contributed by atoms with Crippen LogP contribution in [0.4, 0.5) is 8.78 Å². The zero-order valence-corrected chi connectivity index (χ0v) is 11.5. The molecule has 0 amide bonds. The molecule has 4 nitrogen and oxygen atoms in total. The van der Waals surface area contributed by atoms with E-state index in [4.69, 9.17) is 5.84 Å². The van der Waals surface area contributed by atoms with Gasteiger partial charge in [0.2, 0.25) is 0 Å². The maximum Gasteiger partial charge on any atom is 0.159 e. The Kier molecular flexibility index (Phi) is 4.46. The van der Waals surface area contributed by atoms with Crippen LogP contribution < -0.4 is 11.3 Å². The number of nitrogens with two attached hydrogens (primary N) is 1. The van der Waals surface area contributed by atoms with Crippen LogP contribution in [-0.4, -0.2) is 9.78 Å². The number of aryl methyl sites for hydroxylation is 2. The van der Waals surface area contributed by atoms with Crippen molar-refractivity contribution < 1.29 is 8.78 Å². The lowest BCUT2D eigenvalue weighted by atomic mass is 10.0. The first-order valence-electron chi connectivity index (χ1n) is 6.49. The Morgan fingerprint density at radius 2 is 2.05 bits per heavy atom. The van der Waals surface area contributed by atoms with Gasteiger partial charge in [0.25, 0.3) is 0 Å². The summed E-state index contributed by atoms with van der Waals surface area (Å²) in [6, 6.07) is 5.61. The highest BCUT2D eigenvalue weighted by Crippen LogP contribution is 2.20. The Balaban J connectivity index is 2.26. The first kappa shape index (κ1) is 14.6. The van der Waals surface area contributed by atoms with Crippen LogP contribution in [0, 0.1) is 18.6 Å². The van der Waals surface area contributed by atoms with Gasteiger partial charge in [-0.25, -0.2) is 8.78 Å². The minimum Gasteiger partial charge on any atom is -0.271 e. The molecule has 20 heavy (non-hydrogen) atoms. The van der Waals surface area contributed by atoms with E-state index in [1.54, 1.807) is 6.07 Å². The Hall–Kier alpha value is -1.79. The predicted octanol–water partition coefficient (Wildman–Crippen LogP) is 2.24. The number of benzene rings is 1. The van der Waals surface area contributed by atoms with Crippen molar-refractivity contribution in [3.05, 3.63) is 52.9 Å². The van der Waals surface area contributed by atoms with Gasteiger partial charge >= 0.3 is 0 Å². The van der Waals surface area contributed by atoms with Crippen molar-refractivity contribution in [1.29, 1.82) is 0 Å². The van der Waals surface area contributed by atoms with Crippen LogP contribution in [0.3, 0.4) is 0 Å². The molecule has 2 rings (SSSR count).